The first-order chi connectivity index (χ1) is 33.1. The fourth-order valence-electron chi connectivity index (χ4n) is 8.53. The van der Waals surface area contributed by atoms with Crippen molar-refractivity contribution in [1.82, 2.24) is 0 Å². The van der Waals surface area contributed by atoms with Crippen molar-refractivity contribution < 1.29 is 38.2 Å². The smallest absolute Gasteiger partial charge is 0.306 e. The molecular formula is C60H109NO7. The van der Waals surface area contributed by atoms with E-state index in [9.17, 15) is 19.5 Å². The van der Waals surface area contributed by atoms with Gasteiger partial charge in [-0.05, 0) is 57.8 Å². The summed E-state index contributed by atoms with van der Waals surface area (Å²) in [5.41, 5.74) is 0. The molecular weight excluding hydrogens is 847 g/mol. The summed E-state index contributed by atoms with van der Waals surface area (Å²) in [5.74, 6) is -1.74. The van der Waals surface area contributed by atoms with Gasteiger partial charge in [-0.25, -0.2) is 0 Å². The molecule has 0 aromatic rings. The van der Waals surface area contributed by atoms with Gasteiger partial charge in [0, 0.05) is 19.3 Å². The standard InChI is InChI=1S/C60H109NO7/c1-6-8-10-12-14-16-18-20-22-24-26-28-29-31-33-35-37-39-41-43-45-47-49-51-59(63)68-56(54-66-53-52-57(60(64)65)61(3,4)5)55-67-58(62)50-48-46-44-42-40-38-36-34-32-30-27-25-23-21-19-17-15-13-11-9-7-2/h15,17,21,23,27,30,34,36,56-57H,6-14,16,18-20,22,24-26,28-29,31-33,35,37-55H2,1-5H3/b17-15+,23-21+,30-27+,36-34+. The van der Waals surface area contributed by atoms with E-state index in [1.165, 1.54) is 154 Å². The molecule has 0 heterocycles. The Labute approximate surface area is 420 Å². The first-order valence-corrected chi connectivity index (χ1v) is 28.7. The van der Waals surface area contributed by atoms with Gasteiger partial charge < -0.3 is 28.6 Å². The molecule has 0 aromatic heterocycles. The van der Waals surface area contributed by atoms with Gasteiger partial charge in [0.15, 0.2) is 6.10 Å². The number of nitrogens with zero attached hydrogens (tertiary/aromatic N) is 1. The number of allylic oxidation sites excluding steroid dienone is 8. The maximum atomic E-state index is 12.8. The Morgan fingerprint density at radius 1 is 0.441 bits per heavy atom. The summed E-state index contributed by atoms with van der Waals surface area (Å²) in [7, 11) is 5.42. The minimum atomic E-state index is -1.13. The molecule has 0 bridgehead atoms. The van der Waals surface area contributed by atoms with Crippen molar-refractivity contribution in [2.45, 2.75) is 276 Å². The van der Waals surface area contributed by atoms with Crippen molar-refractivity contribution >= 4 is 17.9 Å². The van der Waals surface area contributed by atoms with Crippen molar-refractivity contribution in [3.05, 3.63) is 48.6 Å². The molecule has 396 valence electrons. The highest BCUT2D eigenvalue weighted by Crippen LogP contribution is 2.17. The maximum absolute atomic E-state index is 12.8. The predicted octanol–water partition coefficient (Wildman–Crippen LogP) is 15.8. The Bertz CT molecular complexity index is 1250. The molecule has 8 heteroatoms. The molecule has 0 N–H and O–H groups in total. The van der Waals surface area contributed by atoms with E-state index in [2.05, 4.69) is 62.5 Å². The number of carbonyl (C=O) groups is 3. The third-order valence-electron chi connectivity index (χ3n) is 13.0. The molecule has 2 atom stereocenters. The number of carbonyl (C=O) groups excluding carboxylic acids is 3. The molecule has 0 spiro atoms. The van der Waals surface area contributed by atoms with Gasteiger partial charge in [-0.2, -0.15) is 0 Å². The van der Waals surface area contributed by atoms with E-state index < -0.39 is 18.1 Å². The van der Waals surface area contributed by atoms with E-state index in [0.717, 1.165) is 77.0 Å². The van der Waals surface area contributed by atoms with Crippen LogP contribution in [0.4, 0.5) is 0 Å². The maximum Gasteiger partial charge on any atom is 0.306 e. The van der Waals surface area contributed by atoms with Crippen molar-refractivity contribution in [3.63, 3.8) is 0 Å². The number of quaternary nitrogens is 1. The molecule has 0 fully saturated rings. The number of esters is 2. The second-order valence-electron chi connectivity index (χ2n) is 20.5. The summed E-state index contributed by atoms with van der Waals surface area (Å²) >= 11 is 0. The molecule has 0 radical (unpaired) electrons. The van der Waals surface area contributed by atoms with E-state index in [-0.39, 0.29) is 42.7 Å². The lowest BCUT2D eigenvalue weighted by molar-refractivity contribution is -0.889. The van der Waals surface area contributed by atoms with E-state index >= 15 is 0 Å². The van der Waals surface area contributed by atoms with E-state index in [1.54, 1.807) is 0 Å². The number of carboxylic acids is 1. The van der Waals surface area contributed by atoms with Gasteiger partial charge in [-0.15, -0.1) is 0 Å². The Hall–Kier alpha value is -2.71. The molecule has 0 aliphatic rings. The normalized spacial score (nSPS) is 13.1. The van der Waals surface area contributed by atoms with Gasteiger partial charge in [0.25, 0.3) is 0 Å². The monoisotopic (exact) mass is 956 g/mol. The highest BCUT2D eigenvalue weighted by molar-refractivity contribution is 5.70. The zero-order valence-corrected chi connectivity index (χ0v) is 45.3. The first-order valence-electron chi connectivity index (χ1n) is 28.7. The lowest BCUT2D eigenvalue weighted by atomic mass is 10.0. The van der Waals surface area contributed by atoms with Crippen LogP contribution in [0.5, 0.6) is 0 Å². The summed E-state index contributed by atoms with van der Waals surface area (Å²) < 4.78 is 17.3. The quantitative estimate of drug-likeness (QED) is 0.0259. The molecule has 2 unspecified atom stereocenters. The van der Waals surface area contributed by atoms with Crippen LogP contribution in [0.3, 0.4) is 0 Å². The summed E-state index contributed by atoms with van der Waals surface area (Å²) in [6.07, 6.45) is 62.9. The molecule has 0 aliphatic carbocycles. The highest BCUT2D eigenvalue weighted by Gasteiger charge is 2.25. The van der Waals surface area contributed by atoms with E-state index in [1.807, 2.05) is 21.1 Å². The van der Waals surface area contributed by atoms with Crippen molar-refractivity contribution in [2.75, 3.05) is 41.0 Å². The summed E-state index contributed by atoms with van der Waals surface area (Å²) in [4.78, 5) is 37.1. The second kappa shape index (κ2) is 50.7. The molecule has 0 saturated heterocycles. The second-order valence-corrected chi connectivity index (χ2v) is 20.5. The SMILES string of the molecule is CCCCC/C=C/C/C=C/C/C=C/C/C=C/CCCCCCCC(=O)OCC(COCCC(C(=O)[O-])[N+](C)(C)C)OC(=O)CCCCCCCCCCCCCCCCCCCCCCCCC. The minimum absolute atomic E-state index is 0.0365. The molecule has 0 saturated carbocycles. The Kier molecular flexibility index (Phi) is 48.7. The molecule has 68 heavy (non-hydrogen) atoms. The van der Waals surface area contributed by atoms with Crippen LogP contribution < -0.4 is 5.11 Å². The molecule has 0 aromatic carbocycles. The minimum Gasteiger partial charge on any atom is -0.544 e. The van der Waals surface area contributed by atoms with Crippen molar-refractivity contribution in [2.24, 2.45) is 0 Å². The summed E-state index contributed by atoms with van der Waals surface area (Å²) in [5, 5.41) is 11.7. The number of carboxylic acid groups (broad SMARTS) is 1. The fourth-order valence-corrected chi connectivity index (χ4v) is 8.53. The number of rotatable bonds is 52. The largest absolute Gasteiger partial charge is 0.544 e. The van der Waals surface area contributed by atoms with Crippen molar-refractivity contribution in [3.8, 4) is 0 Å². The number of aliphatic carboxylic acids is 1. The zero-order chi connectivity index (χ0) is 49.9. The van der Waals surface area contributed by atoms with E-state index in [0.29, 0.717) is 12.8 Å². The predicted molar refractivity (Wildman–Crippen MR) is 286 cm³/mol. The summed E-state index contributed by atoms with van der Waals surface area (Å²) in [6, 6.07) is -0.730. The van der Waals surface area contributed by atoms with Gasteiger partial charge in [0.2, 0.25) is 0 Å². The van der Waals surface area contributed by atoms with Gasteiger partial charge in [0.05, 0.1) is 40.3 Å². The lowest BCUT2D eigenvalue weighted by Gasteiger charge is -2.34. The summed E-state index contributed by atoms with van der Waals surface area (Å²) in [6.45, 7) is 4.66. The Balaban J connectivity index is 4.19. The number of hydrogen-bond donors (Lipinski definition) is 0. The Morgan fingerprint density at radius 3 is 1.18 bits per heavy atom. The lowest BCUT2D eigenvalue weighted by Crippen LogP contribution is -2.55. The van der Waals surface area contributed by atoms with Crippen LogP contribution in [0.15, 0.2) is 48.6 Å². The fraction of sp³-hybridized carbons (Fsp3) is 0.817. The van der Waals surface area contributed by atoms with Gasteiger partial charge in [0.1, 0.15) is 12.6 Å². The molecule has 8 nitrogen and oxygen atoms in total. The number of hydrogen-bond acceptors (Lipinski definition) is 7. The van der Waals surface area contributed by atoms with Gasteiger partial charge in [-0.1, -0.05) is 236 Å². The van der Waals surface area contributed by atoms with E-state index in [4.69, 9.17) is 14.2 Å². The van der Waals surface area contributed by atoms with Crippen LogP contribution in [-0.2, 0) is 28.6 Å². The average Bonchev–Trinajstić information content (AvgIpc) is 3.30. The Morgan fingerprint density at radius 2 is 0.779 bits per heavy atom. The molecule has 0 amide bonds. The van der Waals surface area contributed by atoms with Crippen LogP contribution >= 0.6 is 0 Å². The topological polar surface area (TPSA) is 102 Å². The molecule has 0 aliphatic heterocycles. The third-order valence-corrected chi connectivity index (χ3v) is 13.0. The number of likely N-dealkylation sites (N-methyl/N-ethyl adjacent to an activating group) is 1. The van der Waals surface area contributed by atoms with Crippen LogP contribution in [0.2, 0.25) is 0 Å². The van der Waals surface area contributed by atoms with Crippen LogP contribution in [-0.4, -0.2) is 75.5 Å². The third kappa shape index (κ3) is 48.3. The van der Waals surface area contributed by atoms with Crippen LogP contribution in [0, 0.1) is 0 Å². The van der Waals surface area contributed by atoms with Crippen LogP contribution in [0.1, 0.15) is 264 Å². The van der Waals surface area contributed by atoms with Crippen LogP contribution in [0.25, 0.3) is 0 Å². The first kappa shape index (κ1) is 65.3. The zero-order valence-electron chi connectivity index (χ0n) is 45.3. The number of unbranched alkanes of at least 4 members (excludes halogenated alkanes) is 30. The van der Waals surface area contributed by atoms with Gasteiger partial charge in [-0.3, -0.25) is 9.59 Å². The van der Waals surface area contributed by atoms with Crippen molar-refractivity contribution in [1.29, 1.82) is 0 Å². The number of ether oxygens (including phenoxy) is 3. The highest BCUT2D eigenvalue weighted by atomic mass is 16.6. The van der Waals surface area contributed by atoms with Gasteiger partial charge >= 0.3 is 11.9 Å². The molecule has 0 rings (SSSR count). The average molecular weight is 957 g/mol.